The minimum absolute atomic E-state index is 0.762. The number of halogens is 1. The molecule has 2 nitrogen and oxygen atoms in total. The van der Waals surface area contributed by atoms with E-state index in [-0.39, 0.29) is 0 Å². The van der Waals surface area contributed by atoms with Crippen molar-refractivity contribution in [1.82, 2.24) is 0 Å². The lowest BCUT2D eigenvalue weighted by Crippen LogP contribution is -2.12. The van der Waals surface area contributed by atoms with Crippen molar-refractivity contribution in [3.05, 3.63) is 94.0 Å². The fourth-order valence-electron chi connectivity index (χ4n) is 5.14. The van der Waals surface area contributed by atoms with Crippen molar-refractivity contribution >= 4 is 11.6 Å². The van der Waals surface area contributed by atoms with Gasteiger partial charge in [0.1, 0.15) is 5.75 Å². The number of fused-ring (bicyclic) bond motifs is 6. The average molecular weight is 426 g/mol. The second kappa shape index (κ2) is 7.25. The second-order valence-corrected chi connectivity index (χ2v) is 8.72. The van der Waals surface area contributed by atoms with Gasteiger partial charge in [0.15, 0.2) is 0 Å². The lowest BCUT2D eigenvalue weighted by Gasteiger charge is -2.22. The molecule has 0 radical (unpaired) electrons. The number of benzene rings is 3. The molecule has 3 heteroatoms. The molecule has 31 heavy (non-hydrogen) atoms. The predicted molar refractivity (Wildman–Crippen MR) is 126 cm³/mol. The minimum Gasteiger partial charge on any atom is -0.497 e. The van der Waals surface area contributed by atoms with Crippen LogP contribution in [0.1, 0.15) is 22.3 Å². The van der Waals surface area contributed by atoms with E-state index in [1.165, 1.54) is 38.9 Å². The summed E-state index contributed by atoms with van der Waals surface area (Å²) in [4.78, 5) is 0. The van der Waals surface area contributed by atoms with Crippen LogP contribution in [0.15, 0.2) is 71.1 Å². The molecule has 4 aromatic rings. The quantitative estimate of drug-likeness (QED) is 0.311. The Morgan fingerprint density at radius 3 is 2.26 bits per heavy atom. The number of hydrogen-bond acceptors (Lipinski definition) is 1. The van der Waals surface area contributed by atoms with Gasteiger partial charge in [-0.3, -0.25) is 0 Å². The van der Waals surface area contributed by atoms with Crippen molar-refractivity contribution < 1.29 is 9.15 Å². The Morgan fingerprint density at radius 1 is 0.742 bits per heavy atom. The highest BCUT2D eigenvalue weighted by atomic mass is 35.5. The first-order valence-electron chi connectivity index (χ1n) is 10.8. The average Bonchev–Trinajstić information content (AvgIpc) is 2.82. The normalized spacial score (nSPS) is 13.6. The third-order valence-corrected chi connectivity index (χ3v) is 6.81. The first kappa shape index (κ1) is 18.7. The zero-order valence-electron chi connectivity index (χ0n) is 17.4. The maximum atomic E-state index is 6.77. The van der Waals surface area contributed by atoms with Gasteiger partial charge in [-0.2, -0.15) is 0 Å². The van der Waals surface area contributed by atoms with Crippen LogP contribution in [0.4, 0.5) is 0 Å². The van der Waals surface area contributed by atoms with Crippen molar-refractivity contribution in [1.29, 1.82) is 0 Å². The van der Waals surface area contributed by atoms with Gasteiger partial charge >= 0.3 is 11.5 Å². The molecule has 2 aliphatic carbocycles. The molecule has 152 valence electrons. The third kappa shape index (κ3) is 2.97. The topological polar surface area (TPSA) is 20.5 Å². The second-order valence-electron chi connectivity index (χ2n) is 8.28. The van der Waals surface area contributed by atoms with E-state index in [1.54, 1.807) is 7.11 Å². The van der Waals surface area contributed by atoms with Gasteiger partial charge in [0.2, 0.25) is 0 Å². The van der Waals surface area contributed by atoms with Gasteiger partial charge < -0.3 is 4.74 Å². The first-order valence-corrected chi connectivity index (χ1v) is 11.1. The largest absolute Gasteiger partial charge is 0.497 e. The van der Waals surface area contributed by atoms with Crippen LogP contribution in [0.25, 0.3) is 33.8 Å². The Kier molecular flexibility index (Phi) is 4.36. The van der Waals surface area contributed by atoms with Gasteiger partial charge in [-0.1, -0.05) is 41.9 Å². The van der Waals surface area contributed by atoms with Crippen LogP contribution >= 0.6 is 11.6 Å². The SMILES string of the molecule is COc1ccc2c(c1)CCc1c-2[o+]c2c(c1-c1cccc(Cl)c1)CCc1ccccc1-2. The van der Waals surface area contributed by atoms with Crippen LogP contribution in [0, 0.1) is 0 Å². The molecule has 0 spiro atoms. The fourth-order valence-corrected chi connectivity index (χ4v) is 5.33. The van der Waals surface area contributed by atoms with Crippen molar-refractivity contribution in [3.63, 3.8) is 0 Å². The summed E-state index contributed by atoms with van der Waals surface area (Å²) in [5.74, 6) is 2.87. The van der Waals surface area contributed by atoms with Gasteiger partial charge in [-0.05, 0) is 78.8 Å². The number of methoxy groups -OCH3 is 1. The Labute approximate surface area is 187 Å². The van der Waals surface area contributed by atoms with Crippen molar-refractivity contribution in [2.24, 2.45) is 0 Å². The highest BCUT2D eigenvalue weighted by molar-refractivity contribution is 6.30. The van der Waals surface area contributed by atoms with Gasteiger partial charge in [0, 0.05) is 10.6 Å². The van der Waals surface area contributed by atoms with Gasteiger partial charge in [0.25, 0.3) is 0 Å². The molecule has 0 amide bonds. The Hall–Kier alpha value is -3.10. The summed E-state index contributed by atoms with van der Waals surface area (Å²) in [6.07, 6.45) is 3.91. The molecule has 0 unspecified atom stereocenters. The zero-order chi connectivity index (χ0) is 20.9. The van der Waals surface area contributed by atoms with Crippen LogP contribution in [-0.2, 0) is 25.7 Å². The van der Waals surface area contributed by atoms with E-state index < -0.39 is 0 Å². The van der Waals surface area contributed by atoms with Crippen LogP contribution in [0.3, 0.4) is 0 Å². The molecule has 0 fully saturated rings. The highest BCUT2D eigenvalue weighted by Gasteiger charge is 2.38. The van der Waals surface area contributed by atoms with Crippen LogP contribution in [-0.4, -0.2) is 7.11 Å². The molecular weight excluding hydrogens is 404 g/mol. The Bertz CT molecular complexity index is 1340. The molecule has 1 aromatic heterocycles. The van der Waals surface area contributed by atoms with Gasteiger partial charge in [-0.15, -0.1) is 0 Å². The van der Waals surface area contributed by atoms with Crippen molar-refractivity contribution in [3.8, 4) is 39.5 Å². The van der Waals surface area contributed by atoms with E-state index in [9.17, 15) is 0 Å². The molecule has 0 saturated heterocycles. The summed E-state index contributed by atoms with van der Waals surface area (Å²) in [6.45, 7) is 0. The molecule has 0 saturated carbocycles. The maximum absolute atomic E-state index is 6.77. The minimum atomic E-state index is 0.762. The zero-order valence-corrected chi connectivity index (χ0v) is 18.1. The summed E-state index contributed by atoms with van der Waals surface area (Å²) in [6, 6.07) is 23.1. The lowest BCUT2D eigenvalue weighted by atomic mass is 9.79. The van der Waals surface area contributed by atoms with Crippen LogP contribution in [0.2, 0.25) is 5.02 Å². The monoisotopic (exact) mass is 425 g/mol. The molecular formula is C28H22ClO2+. The number of hydrogen-bond donors (Lipinski definition) is 0. The van der Waals surface area contributed by atoms with E-state index in [4.69, 9.17) is 20.8 Å². The standard InChI is InChI=1S/C28H22ClO2/c1-30-21-11-14-23-18(16-21)10-13-25-26(19-6-4-7-20(29)15-19)24-12-9-17-5-2-3-8-22(17)27(24)31-28(23)25/h2-8,11,14-16H,9-10,12-13H2,1H3/q+1. The number of aryl methyl sites for hydroxylation is 2. The fraction of sp³-hybridized carbons (Fsp3) is 0.179. The van der Waals surface area contributed by atoms with Gasteiger partial charge in [0.05, 0.1) is 29.4 Å². The number of ether oxygens (including phenoxy) is 1. The number of rotatable bonds is 2. The molecule has 0 N–H and O–H groups in total. The third-order valence-electron chi connectivity index (χ3n) is 6.58. The van der Waals surface area contributed by atoms with E-state index in [1.807, 2.05) is 18.2 Å². The first-order chi connectivity index (χ1) is 15.2. The van der Waals surface area contributed by atoms with Crippen LogP contribution in [0.5, 0.6) is 5.75 Å². The Morgan fingerprint density at radius 2 is 1.48 bits per heavy atom. The van der Waals surface area contributed by atoms with E-state index in [0.717, 1.165) is 53.5 Å². The summed E-state index contributed by atoms with van der Waals surface area (Å²) < 4.78 is 12.2. The molecule has 0 aliphatic heterocycles. The summed E-state index contributed by atoms with van der Waals surface area (Å²) in [5, 5.41) is 0.762. The highest BCUT2D eigenvalue weighted by Crippen LogP contribution is 2.48. The predicted octanol–water partition coefficient (Wildman–Crippen LogP) is 7.42. The molecule has 1 heterocycles. The summed E-state index contributed by atoms with van der Waals surface area (Å²) in [7, 11) is 1.72. The van der Waals surface area contributed by atoms with Crippen molar-refractivity contribution in [2.45, 2.75) is 25.7 Å². The van der Waals surface area contributed by atoms with E-state index >= 15 is 0 Å². The smallest absolute Gasteiger partial charge is 0.364 e. The molecule has 2 aliphatic rings. The molecule has 6 rings (SSSR count). The molecule has 3 aromatic carbocycles. The molecule has 0 atom stereocenters. The van der Waals surface area contributed by atoms with Crippen molar-refractivity contribution in [2.75, 3.05) is 7.11 Å². The summed E-state index contributed by atoms with van der Waals surface area (Å²) >= 11 is 6.42. The maximum Gasteiger partial charge on any atom is 0.364 e. The van der Waals surface area contributed by atoms with E-state index in [2.05, 4.69) is 48.5 Å². The van der Waals surface area contributed by atoms with E-state index in [0.29, 0.717) is 0 Å². The summed E-state index contributed by atoms with van der Waals surface area (Å²) in [5.41, 5.74) is 10.1. The Balaban J connectivity index is 1.69. The lowest BCUT2D eigenvalue weighted by molar-refractivity contribution is 0.414. The van der Waals surface area contributed by atoms with Crippen LogP contribution < -0.4 is 4.74 Å². The molecule has 0 bridgehead atoms. The van der Waals surface area contributed by atoms with Gasteiger partial charge in [-0.25, -0.2) is 4.42 Å².